The number of esters is 1. The van der Waals surface area contributed by atoms with Gasteiger partial charge in [-0.05, 0) is 86.9 Å². The highest BCUT2D eigenvalue weighted by Crippen LogP contribution is 2.41. The van der Waals surface area contributed by atoms with Gasteiger partial charge in [0.2, 0.25) is 0 Å². The van der Waals surface area contributed by atoms with Crippen LogP contribution in [0.5, 0.6) is 0 Å². The largest absolute Gasteiger partial charge is 0.459 e. The predicted molar refractivity (Wildman–Crippen MR) is 229 cm³/mol. The van der Waals surface area contributed by atoms with Crippen molar-refractivity contribution < 1.29 is 68.0 Å². The van der Waals surface area contributed by atoms with Gasteiger partial charge in [0.05, 0.1) is 42.0 Å². The van der Waals surface area contributed by atoms with E-state index in [-0.39, 0.29) is 31.4 Å². The minimum absolute atomic E-state index is 0.0388. The number of carbonyl (C=O) groups excluding carboxylic acids is 3. The van der Waals surface area contributed by atoms with Gasteiger partial charge in [-0.3, -0.25) is 9.59 Å². The summed E-state index contributed by atoms with van der Waals surface area (Å²) in [6, 6.07) is 9.38. The second-order valence-corrected chi connectivity index (χ2v) is 19.0. The van der Waals surface area contributed by atoms with E-state index in [9.17, 15) is 34.8 Å². The van der Waals surface area contributed by atoms with Crippen LogP contribution in [0.15, 0.2) is 30.3 Å². The van der Waals surface area contributed by atoms with Crippen molar-refractivity contribution in [2.45, 2.75) is 186 Å². The van der Waals surface area contributed by atoms with E-state index in [1.165, 1.54) is 27.9 Å². The maximum absolute atomic E-state index is 14.3. The Morgan fingerprint density at radius 2 is 1.56 bits per heavy atom. The molecule has 1 aromatic carbocycles. The van der Waals surface area contributed by atoms with Crippen molar-refractivity contribution >= 4 is 17.8 Å². The number of hydrogen-bond donors (Lipinski definition) is 5. The lowest BCUT2D eigenvalue weighted by molar-refractivity contribution is -0.317. The number of hydrogen-bond acceptors (Lipinski definition) is 15. The zero-order valence-electron chi connectivity index (χ0n) is 39.1. The Balaban J connectivity index is 1.72. The average Bonchev–Trinajstić information content (AvgIpc) is 3.21. The van der Waals surface area contributed by atoms with Crippen LogP contribution in [0.25, 0.3) is 0 Å². The molecule has 16 nitrogen and oxygen atoms in total. The van der Waals surface area contributed by atoms with Crippen LogP contribution in [-0.2, 0) is 49.2 Å². The number of ketones is 1. The number of cyclic esters (lactones) is 1. The normalized spacial score (nSPS) is 42.8. The maximum atomic E-state index is 14.3. The number of methoxy groups -OCH3 is 1. The Morgan fingerprint density at radius 1 is 0.919 bits per heavy atom. The number of carbonyl (C=O) groups is 3. The molecule has 0 unspecified atom stereocenters. The Labute approximate surface area is 368 Å². The summed E-state index contributed by atoms with van der Waals surface area (Å²) in [5, 5.41) is 50.2. The third-order valence-corrected chi connectivity index (χ3v) is 13.5. The SMILES string of the molecule is CC[C@H]1OC(=O)[C@H](C)[C@@H](O[C@H]2C[C@@](C)(OC)[C@@H](OC(=O)NCCc3ccccc3)[C@H](C)O2)[C@H](C)[C@@H](O[C@@H]2O[C@H](C)C[C@H](N(C)C)[C@H]2O)[C@@](C)(O)C[C@@H](C)C(=O)[C@H](C)[C@@H](O)[C@]1(C)O. The van der Waals surface area contributed by atoms with Gasteiger partial charge in [0, 0.05) is 43.9 Å². The van der Waals surface area contributed by atoms with Gasteiger partial charge in [0.1, 0.15) is 29.2 Å². The van der Waals surface area contributed by atoms with Gasteiger partial charge in [0.15, 0.2) is 18.7 Å². The van der Waals surface area contributed by atoms with Crippen LogP contribution >= 0.6 is 0 Å². The Kier molecular flexibility index (Phi) is 18.0. The lowest BCUT2D eigenvalue weighted by atomic mass is 9.74. The van der Waals surface area contributed by atoms with E-state index < -0.39 is 114 Å². The molecular weight excluding hydrogens is 805 g/mol. The molecule has 3 aliphatic rings. The number of amides is 1. The van der Waals surface area contributed by atoms with Crippen LogP contribution in [0.1, 0.15) is 100 Å². The molecule has 0 aliphatic carbocycles. The van der Waals surface area contributed by atoms with Crippen molar-refractivity contribution in [3.8, 4) is 0 Å². The molecule has 3 fully saturated rings. The van der Waals surface area contributed by atoms with Gasteiger partial charge in [-0.2, -0.15) is 0 Å². The highest BCUT2D eigenvalue weighted by Gasteiger charge is 2.54. The van der Waals surface area contributed by atoms with Crippen molar-refractivity contribution in [1.29, 1.82) is 0 Å². The van der Waals surface area contributed by atoms with Crippen LogP contribution in [0.4, 0.5) is 4.79 Å². The standard InChI is InChI=1S/C46H76N2O14/c1-14-33-46(10,55)38(51)27(4)35(49)25(2)23-44(8,54)39(61-42-36(50)32(48(11)12)22-26(3)57-42)28(5)37(29(6)41(52)59-33)60-34-24-45(9,56-13)40(30(7)58-34)62-43(53)47-21-20-31-18-16-15-17-19-31/h15-19,25-30,32-34,36-40,42,50-51,54-55H,14,20-24H2,1-13H3,(H,47,53)/t25-,26-,27+,28+,29-,30+,32+,33-,34+,36-,37+,38-,39-,40+,42+,44+,45-,46-/m1/s1. The fourth-order valence-corrected chi connectivity index (χ4v) is 9.73. The first kappa shape index (κ1) is 51.9. The lowest BCUT2D eigenvalue weighted by Gasteiger charge is -2.49. The van der Waals surface area contributed by atoms with Crippen LogP contribution < -0.4 is 5.32 Å². The minimum atomic E-state index is -2.03. The molecule has 4 rings (SSSR count). The molecule has 16 heteroatoms. The number of aliphatic hydroxyl groups excluding tert-OH is 2. The van der Waals surface area contributed by atoms with E-state index in [2.05, 4.69) is 5.32 Å². The predicted octanol–water partition coefficient (Wildman–Crippen LogP) is 3.76. The van der Waals surface area contributed by atoms with Crippen molar-refractivity contribution in [3.63, 3.8) is 0 Å². The summed E-state index contributed by atoms with van der Waals surface area (Å²) in [6.07, 6.45) is -10.2. The molecule has 5 N–H and O–H groups in total. The van der Waals surface area contributed by atoms with Gasteiger partial charge in [-0.1, -0.05) is 58.0 Å². The van der Waals surface area contributed by atoms with Crippen molar-refractivity contribution in [3.05, 3.63) is 35.9 Å². The minimum Gasteiger partial charge on any atom is -0.459 e. The number of likely N-dealkylation sites (N-methyl/N-ethyl adjacent to an activating group) is 1. The number of nitrogens with zero attached hydrogens (tertiary/aromatic N) is 1. The fourth-order valence-electron chi connectivity index (χ4n) is 9.73. The molecule has 0 radical (unpaired) electrons. The first-order valence-electron chi connectivity index (χ1n) is 22.2. The summed E-state index contributed by atoms with van der Waals surface area (Å²) in [4.78, 5) is 43.3. The molecule has 0 bridgehead atoms. The second kappa shape index (κ2) is 21.5. The molecular formula is C46H76N2O14. The van der Waals surface area contributed by atoms with E-state index >= 15 is 0 Å². The molecule has 3 heterocycles. The van der Waals surface area contributed by atoms with Crippen molar-refractivity contribution in [2.24, 2.45) is 23.7 Å². The van der Waals surface area contributed by atoms with E-state index in [0.717, 1.165) is 5.56 Å². The van der Waals surface area contributed by atoms with E-state index in [1.54, 1.807) is 41.5 Å². The summed E-state index contributed by atoms with van der Waals surface area (Å²) < 4.78 is 44.0. The van der Waals surface area contributed by atoms with Crippen LogP contribution in [-0.4, -0.2) is 155 Å². The Morgan fingerprint density at radius 3 is 2.16 bits per heavy atom. The topological polar surface area (TPSA) is 212 Å². The zero-order valence-corrected chi connectivity index (χ0v) is 39.1. The molecule has 0 aromatic heterocycles. The maximum Gasteiger partial charge on any atom is 0.407 e. The van der Waals surface area contributed by atoms with E-state index in [4.69, 9.17) is 33.2 Å². The third-order valence-electron chi connectivity index (χ3n) is 13.5. The summed E-state index contributed by atoms with van der Waals surface area (Å²) in [7, 11) is 5.19. The summed E-state index contributed by atoms with van der Waals surface area (Å²) >= 11 is 0. The number of alkyl carbamates (subject to hydrolysis) is 1. The number of aliphatic hydroxyl groups is 4. The molecule has 62 heavy (non-hydrogen) atoms. The first-order chi connectivity index (χ1) is 28.9. The third kappa shape index (κ3) is 12.1. The monoisotopic (exact) mass is 881 g/mol. The number of rotatable bonds is 11. The Hall–Kier alpha value is -2.77. The van der Waals surface area contributed by atoms with Gasteiger partial charge in [0.25, 0.3) is 0 Å². The highest BCUT2D eigenvalue weighted by atomic mass is 16.7. The van der Waals surface area contributed by atoms with Crippen LogP contribution in [0.2, 0.25) is 0 Å². The van der Waals surface area contributed by atoms with Crippen LogP contribution in [0, 0.1) is 23.7 Å². The average molecular weight is 881 g/mol. The van der Waals surface area contributed by atoms with Gasteiger partial charge in [-0.25, -0.2) is 4.79 Å². The quantitative estimate of drug-likeness (QED) is 0.200. The summed E-state index contributed by atoms with van der Waals surface area (Å²) in [5.41, 5.74) is -3.95. The summed E-state index contributed by atoms with van der Waals surface area (Å²) in [6.45, 7) is 16.7. The molecule has 1 amide bonds. The molecule has 3 saturated heterocycles. The number of Topliss-reactive ketones (excluding diaryl/α,β-unsaturated/α-hetero) is 1. The van der Waals surface area contributed by atoms with Gasteiger partial charge in [-0.15, -0.1) is 0 Å². The molecule has 0 spiro atoms. The smallest absolute Gasteiger partial charge is 0.407 e. The van der Waals surface area contributed by atoms with Crippen molar-refractivity contribution in [1.82, 2.24) is 10.2 Å². The molecule has 354 valence electrons. The fraction of sp³-hybridized carbons (Fsp3) is 0.804. The second-order valence-electron chi connectivity index (χ2n) is 19.0. The lowest BCUT2D eigenvalue weighted by Crippen LogP contribution is -2.61. The molecule has 1 aromatic rings. The van der Waals surface area contributed by atoms with E-state index in [0.29, 0.717) is 19.4 Å². The summed E-state index contributed by atoms with van der Waals surface area (Å²) in [5.74, 6) is -5.18. The van der Waals surface area contributed by atoms with E-state index in [1.807, 2.05) is 56.3 Å². The first-order valence-corrected chi connectivity index (χ1v) is 22.2. The van der Waals surface area contributed by atoms with Gasteiger partial charge < -0.3 is 63.8 Å². The number of benzene rings is 1. The zero-order chi connectivity index (χ0) is 46.5. The van der Waals surface area contributed by atoms with Crippen molar-refractivity contribution in [2.75, 3.05) is 27.7 Å². The molecule has 18 atom stereocenters. The van der Waals surface area contributed by atoms with Crippen LogP contribution in [0.3, 0.4) is 0 Å². The van der Waals surface area contributed by atoms with Gasteiger partial charge >= 0.3 is 12.1 Å². The highest BCUT2D eigenvalue weighted by molar-refractivity contribution is 5.83. The Bertz CT molecular complexity index is 1610. The molecule has 3 aliphatic heterocycles. The number of nitrogens with one attached hydrogen (secondary N) is 1. The molecule has 0 saturated carbocycles. The number of ether oxygens (including phenoxy) is 7.